The molecule has 4 rings (SSSR count). The molecular formula is C25H27ClF2N2O5S. The Kier molecular flexibility index (Phi) is 7.68. The van der Waals surface area contributed by atoms with Crippen molar-refractivity contribution < 1.29 is 31.5 Å². The van der Waals surface area contributed by atoms with E-state index in [4.69, 9.17) is 16.3 Å². The van der Waals surface area contributed by atoms with Crippen LogP contribution in [0.3, 0.4) is 0 Å². The summed E-state index contributed by atoms with van der Waals surface area (Å²) in [5, 5.41) is 2.45. The van der Waals surface area contributed by atoms with Crippen molar-refractivity contribution in [2.24, 2.45) is 11.8 Å². The minimum absolute atomic E-state index is 0.00227. The van der Waals surface area contributed by atoms with Gasteiger partial charge in [-0.2, -0.15) is 0 Å². The standard InChI is InChI=1S/C25H27ClF2N2O5S/c1-3-36(33,34)17-6-4-5-15(8-17)25(32)30-11-14(2)7-22(30)24(31)29-23(16-12-35-13-16)18-9-21(28)19(26)10-20(18)27/h4-6,8-10,14,16,22-23H,3,7,11-13H2,1-2H3,(H,29,31)/t14-,22-,23-/m1/s1. The number of nitrogens with zero attached hydrogens (tertiary/aromatic N) is 1. The van der Waals surface area contributed by atoms with Gasteiger partial charge in [-0.25, -0.2) is 17.2 Å². The van der Waals surface area contributed by atoms with Crippen LogP contribution in [0.2, 0.25) is 5.02 Å². The molecule has 2 aliphatic heterocycles. The summed E-state index contributed by atoms with van der Waals surface area (Å²) in [6.45, 7) is 4.24. The van der Waals surface area contributed by atoms with Crippen molar-refractivity contribution in [2.45, 2.75) is 37.2 Å². The minimum Gasteiger partial charge on any atom is -0.381 e. The van der Waals surface area contributed by atoms with E-state index < -0.39 is 45.4 Å². The van der Waals surface area contributed by atoms with Gasteiger partial charge in [-0.3, -0.25) is 9.59 Å². The number of hydrogen-bond acceptors (Lipinski definition) is 5. The summed E-state index contributed by atoms with van der Waals surface area (Å²) in [6, 6.07) is 5.86. The first kappa shape index (κ1) is 26.5. The lowest BCUT2D eigenvalue weighted by atomic mass is 9.90. The summed E-state index contributed by atoms with van der Waals surface area (Å²) in [6.07, 6.45) is 0.371. The van der Waals surface area contributed by atoms with Crippen LogP contribution in [0.5, 0.6) is 0 Å². The van der Waals surface area contributed by atoms with Crippen molar-refractivity contribution in [3.8, 4) is 0 Å². The van der Waals surface area contributed by atoms with E-state index in [9.17, 15) is 26.8 Å². The predicted molar refractivity (Wildman–Crippen MR) is 129 cm³/mol. The number of ether oxygens (including phenoxy) is 1. The Bertz CT molecular complexity index is 1290. The van der Waals surface area contributed by atoms with Gasteiger partial charge >= 0.3 is 0 Å². The van der Waals surface area contributed by atoms with E-state index in [-0.39, 0.29) is 51.8 Å². The molecule has 0 saturated carbocycles. The van der Waals surface area contributed by atoms with Crippen molar-refractivity contribution >= 4 is 33.3 Å². The molecule has 0 aliphatic carbocycles. The van der Waals surface area contributed by atoms with Crippen LogP contribution in [0.1, 0.15) is 42.2 Å². The van der Waals surface area contributed by atoms with E-state index in [2.05, 4.69) is 5.32 Å². The van der Waals surface area contributed by atoms with Crippen molar-refractivity contribution in [1.82, 2.24) is 10.2 Å². The largest absolute Gasteiger partial charge is 0.381 e. The number of halogens is 3. The summed E-state index contributed by atoms with van der Waals surface area (Å²) in [4.78, 5) is 28.2. The number of amides is 2. The van der Waals surface area contributed by atoms with Gasteiger partial charge in [-0.15, -0.1) is 0 Å². The van der Waals surface area contributed by atoms with Gasteiger partial charge in [0.25, 0.3) is 5.91 Å². The highest BCUT2D eigenvalue weighted by Gasteiger charge is 2.41. The first-order valence-corrected chi connectivity index (χ1v) is 13.7. The summed E-state index contributed by atoms with van der Waals surface area (Å²) < 4.78 is 58.7. The number of carbonyl (C=O) groups is 2. The van der Waals surface area contributed by atoms with Crippen LogP contribution >= 0.6 is 11.6 Å². The lowest BCUT2D eigenvalue weighted by Crippen LogP contribution is -2.50. The van der Waals surface area contributed by atoms with Crippen LogP contribution in [-0.2, 0) is 19.4 Å². The topological polar surface area (TPSA) is 92.8 Å². The lowest BCUT2D eigenvalue weighted by molar-refractivity contribution is -0.128. The fourth-order valence-electron chi connectivity index (χ4n) is 4.60. The fraction of sp³-hybridized carbons (Fsp3) is 0.440. The number of benzene rings is 2. The van der Waals surface area contributed by atoms with Gasteiger partial charge in [0.15, 0.2) is 9.84 Å². The third kappa shape index (κ3) is 5.26. The van der Waals surface area contributed by atoms with Gasteiger partial charge < -0.3 is 15.0 Å². The summed E-state index contributed by atoms with van der Waals surface area (Å²) in [5.74, 6) is -2.91. The number of sulfone groups is 1. The maximum Gasteiger partial charge on any atom is 0.254 e. The van der Waals surface area contributed by atoms with Crippen molar-refractivity contribution in [3.63, 3.8) is 0 Å². The van der Waals surface area contributed by atoms with Crippen LogP contribution in [0.4, 0.5) is 8.78 Å². The molecule has 0 spiro atoms. The van der Waals surface area contributed by atoms with Crippen LogP contribution in [-0.4, -0.2) is 56.7 Å². The number of nitrogens with one attached hydrogen (secondary N) is 1. The Labute approximate surface area is 213 Å². The quantitative estimate of drug-likeness (QED) is 0.540. The molecule has 0 aromatic heterocycles. The van der Waals surface area contributed by atoms with Crippen molar-refractivity contribution in [3.05, 3.63) is 64.2 Å². The Morgan fingerprint density at radius 2 is 1.92 bits per heavy atom. The highest BCUT2D eigenvalue weighted by molar-refractivity contribution is 7.91. The van der Waals surface area contributed by atoms with E-state index in [1.807, 2.05) is 6.92 Å². The second-order valence-corrected chi connectivity index (χ2v) is 12.0. The van der Waals surface area contributed by atoms with Gasteiger partial charge in [0.1, 0.15) is 17.7 Å². The van der Waals surface area contributed by atoms with E-state index in [0.29, 0.717) is 13.0 Å². The van der Waals surface area contributed by atoms with Gasteiger partial charge in [0.2, 0.25) is 5.91 Å². The second-order valence-electron chi connectivity index (χ2n) is 9.32. The second kappa shape index (κ2) is 10.4. The molecule has 2 fully saturated rings. The molecular weight excluding hydrogens is 514 g/mol. The number of hydrogen-bond donors (Lipinski definition) is 1. The average Bonchev–Trinajstić information content (AvgIpc) is 3.21. The zero-order chi connectivity index (χ0) is 26.2. The molecule has 3 atom stereocenters. The number of likely N-dealkylation sites (tertiary alicyclic amines) is 1. The minimum atomic E-state index is -3.52. The van der Waals surface area contributed by atoms with Gasteiger partial charge in [-0.1, -0.05) is 31.5 Å². The van der Waals surface area contributed by atoms with Gasteiger partial charge in [0.05, 0.1) is 34.9 Å². The van der Waals surface area contributed by atoms with Gasteiger partial charge in [-0.05, 0) is 42.7 Å². The Balaban J connectivity index is 1.59. The number of rotatable bonds is 7. The molecule has 11 heteroatoms. The molecule has 2 aliphatic rings. The Morgan fingerprint density at radius 1 is 1.19 bits per heavy atom. The summed E-state index contributed by atoms with van der Waals surface area (Å²) in [5.41, 5.74) is 0.117. The molecule has 0 radical (unpaired) electrons. The molecule has 0 bridgehead atoms. The molecule has 194 valence electrons. The van der Waals surface area contributed by atoms with Crippen LogP contribution in [0, 0.1) is 23.5 Å². The van der Waals surface area contributed by atoms with E-state index in [0.717, 1.165) is 12.1 Å². The lowest BCUT2D eigenvalue weighted by Gasteiger charge is -2.36. The molecule has 0 unspecified atom stereocenters. The maximum atomic E-state index is 14.7. The predicted octanol–water partition coefficient (Wildman–Crippen LogP) is 3.77. The van der Waals surface area contributed by atoms with Crippen molar-refractivity contribution in [1.29, 1.82) is 0 Å². The summed E-state index contributed by atoms with van der Waals surface area (Å²) >= 11 is 5.70. The van der Waals surface area contributed by atoms with Crippen LogP contribution in [0.25, 0.3) is 0 Å². The van der Waals surface area contributed by atoms with Crippen LogP contribution < -0.4 is 5.32 Å². The molecule has 36 heavy (non-hydrogen) atoms. The zero-order valence-electron chi connectivity index (χ0n) is 19.8. The SMILES string of the molecule is CCS(=O)(=O)c1cccc(C(=O)N2C[C@H](C)C[C@@H]2C(=O)N[C@@H](c2cc(F)c(Cl)cc2F)C2COC2)c1. The monoisotopic (exact) mass is 540 g/mol. The Hall–Kier alpha value is -2.56. The summed E-state index contributed by atoms with van der Waals surface area (Å²) in [7, 11) is -3.52. The van der Waals surface area contributed by atoms with Crippen LogP contribution in [0.15, 0.2) is 41.3 Å². The Morgan fingerprint density at radius 3 is 2.56 bits per heavy atom. The zero-order valence-corrected chi connectivity index (χ0v) is 21.4. The molecule has 2 saturated heterocycles. The normalized spacial score (nSPS) is 21.2. The number of carbonyl (C=O) groups excluding carboxylic acids is 2. The first-order chi connectivity index (χ1) is 17.0. The smallest absolute Gasteiger partial charge is 0.254 e. The van der Waals surface area contributed by atoms with E-state index in [1.54, 1.807) is 0 Å². The maximum absolute atomic E-state index is 14.7. The molecule has 2 amide bonds. The molecule has 7 nitrogen and oxygen atoms in total. The van der Waals surface area contributed by atoms with E-state index in [1.165, 1.54) is 36.1 Å². The third-order valence-electron chi connectivity index (χ3n) is 6.70. The van der Waals surface area contributed by atoms with Gasteiger partial charge in [0, 0.05) is 23.6 Å². The highest BCUT2D eigenvalue weighted by atomic mass is 35.5. The molecule has 2 aromatic rings. The molecule has 2 heterocycles. The van der Waals surface area contributed by atoms with E-state index >= 15 is 0 Å². The first-order valence-electron chi connectivity index (χ1n) is 11.7. The third-order valence-corrected chi connectivity index (χ3v) is 8.72. The fourth-order valence-corrected chi connectivity index (χ4v) is 5.67. The highest BCUT2D eigenvalue weighted by Crippen LogP contribution is 2.33. The molecule has 1 N–H and O–H groups in total. The molecule has 2 aromatic carbocycles. The average molecular weight is 541 g/mol. The van der Waals surface area contributed by atoms with Crippen molar-refractivity contribution in [2.75, 3.05) is 25.5 Å².